The van der Waals surface area contributed by atoms with Gasteiger partial charge in [-0.2, -0.15) is 0 Å². The number of nitrogens with zero attached hydrogens (tertiary/aromatic N) is 1. The second kappa shape index (κ2) is 7.58. The van der Waals surface area contributed by atoms with Crippen LogP contribution in [-0.4, -0.2) is 54.0 Å². The number of hydrogen-bond donors (Lipinski definition) is 1. The molecule has 1 saturated heterocycles. The lowest BCUT2D eigenvalue weighted by atomic mass is 9.88. The summed E-state index contributed by atoms with van der Waals surface area (Å²) in [6.45, 7) is -0.594. The van der Waals surface area contributed by atoms with Gasteiger partial charge in [0.25, 0.3) is 0 Å². The molecule has 0 aromatic heterocycles. The molecule has 24 heavy (non-hydrogen) atoms. The fourth-order valence-electron chi connectivity index (χ4n) is 2.43. The summed E-state index contributed by atoms with van der Waals surface area (Å²) in [5.74, 6) is -5.83. The zero-order valence-electron chi connectivity index (χ0n) is 13.0. The third-order valence-electron chi connectivity index (χ3n) is 3.74. The van der Waals surface area contributed by atoms with Crippen LogP contribution >= 0.6 is 0 Å². The molecule has 2 atom stereocenters. The first-order chi connectivity index (χ1) is 11.4. The van der Waals surface area contributed by atoms with E-state index in [-0.39, 0.29) is 19.7 Å². The molecule has 1 amide bonds. The number of carbonyl (C=O) groups is 4. The van der Waals surface area contributed by atoms with Gasteiger partial charge in [0, 0.05) is 13.1 Å². The van der Waals surface area contributed by atoms with Crippen LogP contribution < -0.4 is 0 Å². The van der Waals surface area contributed by atoms with E-state index in [2.05, 4.69) is 4.74 Å². The minimum absolute atomic E-state index is 0.00471. The topological polar surface area (TPSA) is 110 Å². The van der Waals surface area contributed by atoms with E-state index < -0.39 is 35.7 Å². The minimum atomic E-state index is -1.48. The van der Waals surface area contributed by atoms with Gasteiger partial charge in [-0.3, -0.25) is 14.4 Å². The molecule has 0 aliphatic carbocycles. The fourth-order valence-corrected chi connectivity index (χ4v) is 2.43. The van der Waals surface area contributed by atoms with Crippen molar-refractivity contribution in [2.24, 2.45) is 11.8 Å². The van der Waals surface area contributed by atoms with Crippen molar-refractivity contribution in [1.82, 2.24) is 4.90 Å². The molecule has 8 heteroatoms. The summed E-state index contributed by atoms with van der Waals surface area (Å²) in [7, 11) is 1.10. The minimum Gasteiger partial charge on any atom is -0.481 e. The van der Waals surface area contributed by atoms with Crippen LogP contribution in [0.1, 0.15) is 5.56 Å². The molecule has 1 N–H and O–H groups in total. The van der Waals surface area contributed by atoms with Crippen molar-refractivity contribution in [3.63, 3.8) is 0 Å². The molecule has 8 nitrogen and oxygen atoms in total. The molecule has 1 aromatic rings. The molecule has 128 valence electrons. The predicted octanol–water partition coefficient (Wildman–Crippen LogP) is 0.698. The Kier molecular flexibility index (Phi) is 5.51. The van der Waals surface area contributed by atoms with Gasteiger partial charge in [0.05, 0.1) is 7.11 Å². The Morgan fingerprint density at radius 3 is 2.38 bits per heavy atom. The van der Waals surface area contributed by atoms with Gasteiger partial charge in [0.15, 0.2) is 5.78 Å². The zero-order valence-corrected chi connectivity index (χ0v) is 13.0. The molecule has 0 radical (unpaired) electrons. The van der Waals surface area contributed by atoms with E-state index in [1.807, 2.05) is 6.07 Å². The Morgan fingerprint density at radius 2 is 1.79 bits per heavy atom. The smallest absolute Gasteiger partial charge is 0.410 e. The van der Waals surface area contributed by atoms with Crippen molar-refractivity contribution < 1.29 is 33.8 Å². The third kappa shape index (κ3) is 3.89. The van der Waals surface area contributed by atoms with Crippen LogP contribution in [0.2, 0.25) is 0 Å². The molecule has 1 fully saturated rings. The first-order valence-electron chi connectivity index (χ1n) is 7.24. The highest BCUT2D eigenvalue weighted by atomic mass is 16.6. The Balaban J connectivity index is 2.07. The van der Waals surface area contributed by atoms with Crippen LogP contribution in [0.25, 0.3) is 0 Å². The quantitative estimate of drug-likeness (QED) is 0.637. The molecular formula is C16H17NO7. The Hall–Kier alpha value is -2.90. The predicted molar refractivity (Wildman–Crippen MR) is 79.8 cm³/mol. The van der Waals surface area contributed by atoms with Crippen molar-refractivity contribution in [3.8, 4) is 0 Å². The molecule has 0 saturated carbocycles. The van der Waals surface area contributed by atoms with Gasteiger partial charge in [-0.15, -0.1) is 0 Å². The number of carboxylic acids is 1. The first kappa shape index (κ1) is 17.5. The second-order valence-corrected chi connectivity index (χ2v) is 5.31. The van der Waals surface area contributed by atoms with Gasteiger partial charge in [0.1, 0.15) is 18.4 Å². The Morgan fingerprint density at radius 1 is 1.17 bits per heavy atom. The standard InChI is InChI=1S/C16H17NO7/c1-23-15(21)12-8-17(7-11(13(12)18)14(19)20)16(22)24-9-10-5-3-2-4-6-10/h2-6,11-12H,7-9H2,1H3,(H,19,20). The van der Waals surface area contributed by atoms with E-state index in [9.17, 15) is 19.2 Å². The highest BCUT2D eigenvalue weighted by Crippen LogP contribution is 2.21. The number of amides is 1. The van der Waals surface area contributed by atoms with Gasteiger partial charge in [-0.1, -0.05) is 30.3 Å². The normalized spacial score (nSPS) is 20.4. The Bertz CT molecular complexity index is 643. The molecule has 2 unspecified atom stereocenters. The number of carboxylic acid groups (broad SMARTS) is 1. The zero-order chi connectivity index (χ0) is 17.7. The van der Waals surface area contributed by atoms with Crippen molar-refractivity contribution in [2.75, 3.05) is 20.2 Å². The molecule has 1 heterocycles. The number of piperidine rings is 1. The monoisotopic (exact) mass is 335 g/mol. The lowest BCUT2D eigenvalue weighted by Crippen LogP contribution is -2.54. The number of benzene rings is 1. The van der Waals surface area contributed by atoms with Gasteiger partial charge in [-0.25, -0.2) is 4.79 Å². The maximum Gasteiger partial charge on any atom is 0.410 e. The molecule has 1 aliphatic heterocycles. The molecule has 0 spiro atoms. The van der Waals surface area contributed by atoms with Crippen LogP contribution in [0, 0.1) is 11.8 Å². The Labute approximate surface area is 138 Å². The second-order valence-electron chi connectivity index (χ2n) is 5.31. The maximum absolute atomic E-state index is 12.2. The molecule has 1 aliphatic rings. The number of likely N-dealkylation sites (tertiary alicyclic amines) is 1. The molecule has 2 rings (SSSR count). The van der Waals surface area contributed by atoms with E-state index in [0.29, 0.717) is 0 Å². The van der Waals surface area contributed by atoms with Gasteiger partial charge >= 0.3 is 18.0 Å². The van der Waals surface area contributed by atoms with E-state index in [1.54, 1.807) is 24.3 Å². The summed E-state index contributed by atoms with van der Waals surface area (Å²) >= 11 is 0. The number of ketones is 1. The fraction of sp³-hybridized carbons (Fsp3) is 0.375. The van der Waals surface area contributed by atoms with Crippen LogP contribution in [0.5, 0.6) is 0 Å². The van der Waals surface area contributed by atoms with E-state index >= 15 is 0 Å². The number of methoxy groups -OCH3 is 1. The van der Waals surface area contributed by atoms with E-state index in [1.165, 1.54) is 0 Å². The van der Waals surface area contributed by atoms with Crippen molar-refractivity contribution >= 4 is 23.8 Å². The summed E-state index contributed by atoms with van der Waals surface area (Å²) in [5, 5.41) is 9.14. The molecule has 1 aromatic carbocycles. The van der Waals surface area contributed by atoms with Crippen LogP contribution in [0.3, 0.4) is 0 Å². The lowest BCUT2D eigenvalue weighted by molar-refractivity contribution is -0.157. The number of rotatable bonds is 4. The van der Waals surface area contributed by atoms with Gasteiger partial charge in [-0.05, 0) is 5.56 Å². The van der Waals surface area contributed by atoms with Crippen molar-refractivity contribution in [1.29, 1.82) is 0 Å². The van der Waals surface area contributed by atoms with E-state index in [4.69, 9.17) is 9.84 Å². The van der Waals surface area contributed by atoms with Gasteiger partial charge < -0.3 is 19.5 Å². The highest BCUT2D eigenvalue weighted by Gasteiger charge is 2.45. The summed E-state index contributed by atoms with van der Waals surface area (Å²) in [6, 6.07) is 8.93. The number of aliphatic carboxylic acids is 1. The number of Topliss-reactive ketones (excluding diaryl/α,β-unsaturated/α-hetero) is 1. The number of ether oxygens (including phenoxy) is 2. The average molecular weight is 335 g/mol. The van der Waals surface area contributed by atoms with Gasteiger partial charge in [0.2, 0.25) is 0 Å². The summed E-state index contributed by atoms with van der Waals surface area (Å²) < 4.78 is 9.64. The SMILES string of the molecule is COC(=O)C1CN(C(=O)OCc2ccccc2)CC(C(=O)O)C1=O. The molecule has 0 bridgehead atoms. The number of hydrogen-bond acceptors (Lipinski definition) is 6. The maximum atomic E-state index is 12.2. The largest absolute Gasteiger partial charge is 0.481 e. The van der Waals surface area contributed by atoms with Crippen LogP contribution in [0.4, 0.5) is 4.79 Å². The van der Waals surface area contributed by atoms with Crippen LogP contribution in [-0.2, 0) is 30.5 Å². The summed E-state index contributed by atoms with van der Waals surface area (Å²) in [5.41, 5.74) is 0.762. The molecular weight excluding hydrogens is 318 g/mol. The number of carbonyl (C=O) groups excluding carboxylic acids is 3. The first-order valence-corrected chi connectivity index (χ1v) is 7.24. The summed E-state index contributed by atoms with van der Waals surface area (Å²) in [4.78, 5) is 48.1. The summed E-state index contributed by atoms with van der Waals surface area (Å²) in [6.07, 6.45) is -0.786. The van der Waals surface area contributed by atoms with E-state index in [0.717, 1.165) is 17.6 Å². The lowest BCUT2D eigenvalue weighted by Gasteiger charge is -2.33. The third-order valence-corrected chi connectivity index (χ3v) is 3.74. The number of esters is 1. The van der Waals surface area contributed by atoms with Crippen LogP contribution in [0.15, 0.2) is 30.3 Å². The highest BCUT2D eigenvalue weighted by molar-refractivity contribution is 6.09. The van der Waals surface area contributed by atoms with Crippen molar-refractivity contribution in [3.05, 3.63) is 35.9 Å². The average Bonchev–Trinajstić information content (AvgIpc) is 2.59. The van der Waals surface area contributed by atoms with Crippen molar-refractivity contribution in [2.45, 2.75) is 6.61 Å².